The lowest BCUT2D eigenvalue weighted by molar-refractivity contribution is -0.138. The number of carboxylic acid groups (broad SMARTS) is 1. The van der Waals surface area contributed by atoms with E-state index in [1.165, 1.54) is 0 Å². The van der Waals surface area contributed by atoms with Crippen molar-refractivity contribution in [1.29, 1.82) is 0 Å². The second-order valence-corrected chi connectivity index (χ2v) is 5.22. The molecule has 8 nitrogen and oxygen atoms in total. The summed E-state index contributed by atoms with van der Waals surface area (Å²) in [6.45, 7) is 2.50. The number of aliphatic carboxylic acids is 1. The third kappa shape index (κ3) is 5.26. The predicted molar refractivity (Wildman–Crippen MR) is 85.7 cm³/mol. The number of unbranched alkanes of at least 4 members (excludes halogenated alkanes) is 1. The quantitative estimate of drug-likeness (QED) is 0.621. The molecule has 1 heterocycles. The monoisotopic (exact) mass is 316 g/mol. The zero-order valence-electron chi connectivity index (χ0n) is 12.9. The average Bonchev–Trinajstić information content (AvgIpc) is 2.55. The number of benzene rings is 1. The van der Waals surface area contributed by atoms with Crippen LogP contribution in [0.5, 0.6) is 0 Å². The molecule has 122 valence electrons. The number of nitrogens with one attached hydrogen (secondary N) is 1. The first-order valence-electron chi connectivity index (χ1n) is 7.43. The lowest BCUT2D eigenvalue weighted by Gasteiger charge is -2.08. The van der Waals surface area contributed by atoms with E-state index in [0.717, 1.165) is 30.6 Å². The third-order valence-electron chi connectivity index (χ3n) is 3.31. The van der Waals surface area contributed by atoms with Gasteiger partial charge < -0.3 is 16.2 Å². The van der Waals surface area contributed by atoms with Crippen molar-refractivity contribution in [2.75, 3.05) is 11.9 Å². The maximum atomic E-state index is 10.6. The summed E-state index contributed by atoms with van der Waals surface area (Å²) in [5.74, 6) is 0.0790. The second-order valence-electron chi connectivity index (χ2n) is 5.22. The molecule has 8 heteroatoms. The van der Waals surface area contributed by atoms with E-state index < -0.39 is 12.0 Å². The highest BCUT2D eigenvalue weighted by Gasteiger charge is 2.09. The minimum atomic E-state index is -0.948. The molecule has 0 aliphatic carbocycles. The first-order chi connectivity index (χ1) is 11.1. The topological polar surface area (TPSA) is 127 Å². The largest absolute Gasteiger partial charge is 0.480 e. The van der Waals surface area contributed by atoms with Gasteiger partial charge in [-0.25, -0.2) is 0 Å². The Morgan fingerprint density at radius 1 is 1.17 bits per heavy atom. The standard InChI is InChI=1S/C15H20N6O2/c1-10-18-20-14(21-19-10)11-5-7-12(8-6-11)17-9-3-2-4-13(16)15(22)23/h5-8,13,17H,2-4,9,16H2,1H3,(H,22,23). The van der Waals surface area contributed by atoms with Crippen molar-refractivity contribution >= 4 is 11.7 Å². The van der Waals surface area contributed by atoms with Crippen molar-refractivity contribution in [2.24, 2.45) is 5.73 Å². The Morgan fingerprint density at radius 3 is 2.43 bits per heavy atom. The number of nitrogens with two attached hydrogens (primary N) is 1. The van der Waals surface area contributed by atoms with Crippen LogP contribution in [0.2, 0.25) is 0 Å². The first-order valence-corrected chi connectivity index (χ1v) is 7.43. The molecule has 0 saturated heterocycles. The minimum absolute atomic E-state index is 0.487. The van der Waals surface area contributed by atoms with E-state index >= 15 is 0 Å². The number of aryl methyl sites for hydroxylation is 1. The summed E-state index contributed by atoms with van der Waals surface area (Å²) in [6.07, 6.45) is 2.12. The Bertz CT molecular complexity index is 629. The molecular weight excluding hydrogens is 296 g/mol. The molecule has 1 aromatic carbocycles. The Balaban J connectivity index is 1.77. The molecule has 0 aliphatic heterocycles. The summed E-state index contributed by atoms with van der Waals surface area (Å²) in [4.78, 5) is 10.6. The number of hydrogen-bond donors (Lipinski definition) is 3. The van der Waals surface area contributed by atoms with Crippen molar-refractivity contribution < 1.29 is 9.90 Å². The molecule has 1 aromatic heterocycles. The van der Waals surface area contributed by atoms with E-state index in [1.807, 2.05) is 24.3 Å². The van der Waals surface area contributed by atoms with Crippen LogP contribution < -0.4 is 11.1 Å². The first kappa shape index (κ1) is 16.8. The second kappa shape index (κ2) is 8.14. The van der Waals surface area contributed by atoms with E-state index in [9.17, 15) is 4.79 Å². The molecule has 0 bridgehead atoms. The van der Waals surface area contributed by atoms with Crippen molar-refractivity contribution in [2.45, 2.75) is 32.2 Å². The van der Waals surface area contributed by atoms with Gasteiger partial charge in [-0.05, 0) is 50.5 Å². The number of carbonyl (C=O) groups is 1. The van der Waals surface area contributed by atoms with E-state index in [4.69, 9.17) is 10.8 Å². The summed E-state index contributed by atoms with van der Waals surface area (Å²) in [5, 5.41) is 27.7. The summed E-state index contributed by atoms with van der Waals surface area (Å²) in [5.41, 5.74) is 7.28. The third-order valence-corrected chi connectivity index (χ3v) is 3.31. The lowest BCUT2D eigenvalue weighted by Crippen LogP contribution is -2.29. The number of hydrogen-bond acceptors (Lipinski definition) is 7. The summed E-state index contributed by atoms with van der Waals surface area (Å²) in [7, 11) is 0. The maximum absolute atomic E-state index is 10.6. The Kier molecular flexibility index (Phi) is 5.93. The zero-order valence-corrected chi connectivity index (χ0v) is 12.9. The maximum Gasteiger partial charge on any atom is 0.320 e. The van der Waals surface area contributed by atoms with Gasteiger partial charge in [0.05, 0.1) is 0 Å². The normalized spacial score (nSPS) is 11.9. The summed E-state index contributed by atoms with van der Waals surface area (Å²) >= 11 is 0. The van der Waals surface area contributed by atoms with Crippen molar-refractivity contribution in [3.63, 3.8) is 0 Å². The molecule has 2 rings (SSSR count). The van der Waals surface area contributed by atoms with Crippen molar-refractivity contribution in [3.05, 3.63) is 30.1 Å². The van der Waals surface area contributed by atoms with Gasteiger partial charge in [0.25, 0.3) is 0 Å². The van der Waals surface area contributed by atoms with E-state index in [1.54, 1.807) is 6.92 Å². The van der Waals surface area contributed by atoms with Gasteiger partial charge in [-0.15, -0.1) is 20.4 Å². The molecule has 0 amide bonds. The molecule has 4 N–H and O–H groups in total. The number of anilines is 1. The van der Waals surface area contributed by atoms with Gasteiger partial charge in [-0.2, -0.15) is 0 Å². The average molecular weight is 316 g/mol. The number of rotatable bonds is 8. The molecule has 23 heavy (non-hydrogen) atoms. The SMILES string of the molecule is Cc1nnc(-c2ccc(NCCCCC(N)C(=O)O)cc2)nn1. The van der Waals surface area contributed by atoms with Crippen LogP contribution in [0, 0.1) is 6.92 Å². The van der Waals surface area contributed by atoms with Gasteiger partial charge in [-0.1, -0.05) is 0 Å². The molecule has 2 aromatic rings. The van der Waals surface area contributed by atoms with Crippen molar-refractivity contribution in [1.82, 2.24) is 20.4 Å². The highest BCUT2D eigenvalue weighted by atomic mass is 16.4. The van der Waals surface area contributed by atoms with Crippen LogP contribution in [0.3, 0.4) is 0 Å². The van der Waals surface area contributed by atoms with Gasteiger partial charge >= 0.3 is 5.97 Å². The highest BCUT2D eigenvalue weighted by Crippen LogP contribution is 2.16. The fourth-order valence-corrected chi connectivity index (χ4v) is 1.98. The Hall–Kier alpha value is -2.61. The number of aromatic nitrogens is 4. The van der Waals surface area contributed by atoms with Gasteiger partial charge in [0, 0.05) is 17.8 Å². The van der Waals surface area contributed by atoms with Crippen LogP contribution >= 0.6 is 0 Å². The van der Waals surface area contributed by atoms with Crippen molar-refractivity contribution in [3.8, 4) is 11.4 Å². The summed E-state index contributed by atoms with van der Waals surface area (Å²) in [6, 6.07) is 6.89. The predicted octanol–water partition coefficient (Wildman–Crippen LogP) is 1.24. The molecule has 0 spiro atoms. The van der Waals surface area contributed by atoms with E-state index in [-0.39, 0.29) is 0 Å². The van der Waals surface area contributed by atoms with Crippen LogP contribution in [0.25, 0.3) is 11.4 Å². The van der Waals surface area contributed by atoms with Gasteiger partial charge in [0.1, 0.15) is 6.04 Å². The Morgan fingerprint density at radius 2 is 1.83 bits per heavy atom. The van der Waals surface area contributed by atoms with Crippen LogP contribution in [0.1, 0.15) is 25.1 Å². The highest BCUT2D eigenvalue weighted by molar-refractivity contribution is 5.72. The molecule has 1 unspecified atom stereocenters. The molecule has 0 fully saturated rings. The van der Waals surface area contributed by atoms with Gasteiger partial charge in [0.2, 0.25) is 5.82 Å². The number of carboxylic acids is 1. The number of nitrogens with zero attached hydrogens (tertiary/aromatic N) is 4. The van der Waals surface area contributed by atoms with Crippen LogP contribution in [0.4, 0.5) is 5.69 Å². The van der Waals surface area contributed by atoms with Crippen LogP contribution in [-0.4, -0.2) is 44.1 Å². The molecule has 0 aliphatic rings. The van der Waals surface area contributed by atoms with Crippen LogP contribution in [0.15, 0.2) is 24.3 Å². The zero-order chi connectivity index (χ0) is 16.7. The fourth-order valence-electron chi connectivity index (χ4n) is 1.98. The smallest absolute Gasteiger partial charge is 0.320 e. The lowest BCUT2D eigenvalue weighted by atomic mass is 10.1. The van der Waals surface area contributed by atoms with E-state index in [0.29, 0.717) is 18.1 Å². The minimum Gasteiger partial charge on any atom is -0.480 e. The molecular formula is C15H20N6O2. The van der Waals surface area contributed by atoms with Gasteiger partial charge in [-0.3, -0.25) is 4.79 Å². The van der Waals surface area contributed by atoms with E-state index in [2.05, 4.69) is 25.7 Å². The fraction of sp³-hybridized carbons (Fsp3) is 0.400. The van der Waals surface area contributed by atoms with Gasteiger partial charge in [0.15, 0.2) is 5.82 Å². The molecule has 0 radical (unpaired) electrons. The summed E-state index contributed by atoms with van der Waals surface area (Å²) < 4.78 is 0. The molecule has 1 atom stereocenters. The van der Waals surface area contributed by atoms with Crippen LogP contribution in [-0.2, 0) is 4.79 Å². The Labute approximate surface area is 134 Å². The molecule has 0 saturated carbocycles.